The predicted octanol–water partition coefficient (Wildman–Crippen LogP) is 1.42. The molecule has 0 heterocycles. The molecule has 1 rings (SSSR count). The van der Waals surface area contributed by atoms with E-state index in [1.807, 2.05) is 5.32 Å². The Morgan fingerprint density at radius 2 is 1.95 bits per heavy atom. The Hall–Kier alpha value is -1.31. The molecule has 1 aliphatic rings. The molecule has 0 radical (unpaired) electrons. The minimum absolute atomic E-state index is 0.00932. The van der Waals surface area contributed by atoms with Crippen LogP contribution in [-0.2, 0) is 9.59 Å². The molecule has 0 spiro atoms. The number of alkyl halides is 3. The number of hydrogen-bond acceptors (Lipinski definition) is 3. The Morgan fingerprint density at radius 1 is 1.40 bits per heavy atom. The number of rotatable bonds is 3. The van der Waals surface area contributed by atoms with Crippen LogP contribution in [-0.4, -0.2) is 34.2 Å². The normalized spacial score (nSPS) is 30.4. The summed E-state index contributed by atoms with van der Waals surface area (Å²) < 4.78 is 38.1. The molecule has 3 unspecified atom stereocenters. The molecular formula is C12H19F3N2O3. The van der Waals surface area contributed by atoms with Gasteiger partial charge in [0.2, 0.25) is 5.91 Å². The van der Waals surface area contributed by atoms with E-state index in [1.54, 1.807) is 6.92 Å². The van der Waals surface area contributed by atoms with Crippen molar-refractivity contribution in [3.05, 3.63) is 0 Å². The van der Waals surface area contributed by atoms with Gasteiger partial charge in [0.1, 0.15) is 5.54 Å². The first-order valence-corrected chi connectivity index (χ1v) is 6.34. The number of hydrogen-bond donors (Lipinski definition) is 3. The monoisotopic (exact) mass is 296 g/mol. The Kier molecular flexibility index (Phi) is 4.38. The third-order valence-electron chi connectivity index (χ3n) is 3.82. The van der Waals surface area contributed by atoms with Gasteiger partial charge in [-0.25, -0.2) is 4.79 Å². The maximum absolute atomic E-state index is 12.7. The van der Waals surface area contributed by atoms with Crippen molar-refractivity contribution in [3.8, 4) is 0 Å². The quantitative estimate of drug-likeness (QED) is 0.734. The van der Waals surface area contributed by atoms with Crippen molar-refractivity contribution in [2.75, 3.05) is 0 Å². The molecule has 1 saturated carbocycles. The van der Waals surface area contributed by atoms with Crippen LogP contribution in [0.1, 0.15) is 39.5 Å². The number of halogens is 3. The average Bonchev–Trinajstić information content (AvgIpc) is 2.26. The first-order valence-electron chi connectivity index (χ1n) is 6.34. The molecule has 1 amide bonds. The maximum atomic E-state index is 12.7. The van der Waals surface area contributed by atoms with Crippen LogP contribution in [0.3, 0.4) is 0 Å². The van der Waals surface area contributed by atoms with Crippen molar-refractivity contribution in [1.82, 2.24) is 5.32 Å². The van der Waals surface area contributed by atoms with E-state index in [0.29, 0.717) is 13.3 Å². The van der Waals surface area contributed by atoms with Crippen LogP contribution in [0.4, 0.5) is 13.2 Å². The molecule has 4 N–H and O–H groups in total. The first-order chi connectivity index (χ1) is 8.92. The lowest BCUT2D eigenvalue weighted by atomic mass is 9.76. The number of nitrogens with one attached hydrogen (secondary N) is 1. The highest BCUT2D eigenvalue weighted by molar-refractivity contribution is 5.92. The second-order valence-corrected chi connectivity index (χ2v) is 5.74. The third kappa shape index (κ3) is 3.05. The fourth-order valence-corrected chi connectivity index (χ4v) is 2.39. The first kappa shape index (κ1) is 16.7. The number of carbonyl (C=O) groups is 2. The van der Waals surface area contributed by atoms with Crippen molar-refractivity contribution in [3.63, 3.8) is 0 Å². The molecular weight excluding hydrogens is 277 g/mol. The summed E-state index contributed by atoms with van der Waals surface area (Å²) in [5, 5.41) is 11.3. The second kappa shape index (κ2) is 5.23. The zero-order chi connectivity index (χ0) is 15.8. The summed E-state index contributed by atoms with van der Waals surface area (Å²) in [6, 6.07) is 0. The highest BCUT2D eigenvalue weighted by atomic mass is 19.4. The molecule has 1 fully saturated rings. The third-order valence-corrected chi connectivity index (χ3v) is 3.82. The van der Waals surface area contributed by atoms with Gasteiger partial charge in [0.15, 0.2) is 5.54 Å². The summed E-state index contributed by atoms with van der Waals surface area (Å²) in [6.07, 6.45) is -3.43. The molecule has 116 valence electrons. The van der Waals surface area contributed by atoms with Crippen LogP contribution in [0.5, 0.6) is 0 Å². The number of carboxylic acids is 1. The summed E-state index contributed by atoms with van der Waals surface area (Å²) >= 11 is 0. The molecule has 0 bridgehead atoms. The largest absolute Gasteiger partial charge is 0.480 e. The van der Waals surface area contributed by atoms with Gasteiger partial charge in [0.25, 0.3) is 0 Å². The van der Waals surface area contributed by atoms with Gasteiger partial charge in [0.05, 0.1) is 0 Å². The standard InChI is InChI=1S/C12H19F3N2O3/c1-7-4-3-5-11(6-7,9(19)20)17-8(18)10(2,16)12(13,14)15/h7H,3-6,16H2,1-2H3,(H,17,18)(H,19,20). The van der Waals surface area contributed by atoms with Crippen molar-refractivity contribution < 1.29 is 27.9 Å². The summed E-state index contributed by atoms with van der Waals surface area (Å²) in [5.41, 5.74) is 0.237. The molecule has 1 aliphatic carbocycles. The molecule has 0 aromatic heterocycles. The van der Waals surface area contributed by atoms with Crippen molar-refractivity contribution in [1.29, 1.82) is 0 Å². The summed E-state index contributed by atoms with van der Waals surface area (Å²) in [4.78, 5) is 23.2. The Balaban J connectivity index is 2.98. The van der Waals surface area contributed by atoms with E-state index in [4.69, 9.17) is 5.73 Å². The van der Waals surface area contributed by atoms with Gasteiger partial charge in [-0.05, 0) is 25.7 Å². The Bertz CT molecular complexity index is 409. The van der Waals surface area contributed by atoms with E-state index in [2.05, 4.69) is 0 Å². The van der Waals surface area contributed by atoms with E-state index >= 15 is 0 Å². The molecule has 0 saturated heterocycles. The Morgan fingerprint density at radius 3 is 2.35 bits per heavy atom. The molecule has 20 heavy (non-hydrogen) atoms. The minimum atomic E-state index is -4.95. The van der Waals surface area contributed by atoms with Crippen LogP contribution in [0, 0.1) is 5.92 Å². The molecule has 0 aromatic carbocycles. The molecule has 0 aromatic rings. The highest BCUT2D eigenvalue weighted by Crippen LogP contribution is 2.34. The topological polar surface area (TPSA) is 92.4 Å². The summed E-state index contributed by atoms with van der Waals surface area (Å²) in [6.45, 7) is 2.33. The van der Waals surface area contributed by atoms with Crippen molar-refractivity contribution >= 4 is 11.9 Å². The van der Waals surface area contributed by atoms with Crippen LogP contribution >= 0.6 is 0 Å². The lowest BCUT2D eigenvalue weighted by molar-refractivity contribution is -0.189. The van der Waals surface area contributed by atoms with Gasteiger partial charge < -0.3 is 16.2 Å². The van der Waals surface area contributed by atoms with E-state index < -0.39 is 29.1 Å². The lowest BCUT2D eigenvalue weighted by Gasteiger charge is -2.39. The number of amides is 1. The zero-order valence-corrected chi connectivity index (χ0v) is 11.4. The number of aliphatic carboxylic acids is 1. The molecule has 0 aliphatic heterocycles. The molecule has 8 heteroatoms. The lowest BCUT2D eigenvalue weighted by Crippen LogP contribution is -2.67. The van der Waals surface area contributed by atoms with E-state index in [0.717, 1.165) is 6.42 Å². The predicted molar refractivity (Wildman–Crippen MR) is 64.8 cm³/mol. The van der Waals surface area contributed by atoms with E-state index in [-0.39, 0.29) is 18.8 Å². The zero-order valence-electron chi connectivity index (χ0n) is 11.4. The van der Waals surface area contributed by atoms with Gasteiger partial charge in [-0.15, -0.1) is 0 Å². The van der Waals surface area contributed by atoms with Crippen LogP contribution in [0.15, 0.2) is 0 Å². The maximum Gasteiger partial charge on any atom is 0.415 e. The smallest absolute Gasteiger partial charge is 0.415 e. The highest BCUT2D eigenvalue weighted by Gasteiger charge is 2.56. The SMILES string of the molecule is CC1CCCC(NC(=O)C(C)(N)C(F)(F)F)(C(=O)O)C1. The van der Waals surface area contributed by atoms with Gasteiger partial charge in [-0.2, -0.15) is 13.2 Å². The average molecular weight is 296 g/mol. The second-order valence-electron chi connectivity index (χ2n) is 5.74. The summed E-state index contributed by atoms with van der Waals surface area (Å²) in [5.74, 6) is -2.83. The summed E-state index contributed by atoms with van der Waals surface area (Å²) in [7, 11) is 0. The molecule has 5 nitrogen and oxygen atoms in total. The van der Waals surface area contributed by atoms with Gasteiger partial charge in [-0.1, -0.05) is 19.8 Å². The van der Waals surface area contributed by atoms with Crippen molar-refractivity contribution in [2.45, 2.75) is 56.8 Å². The number of nitrogens with two attached hydrogens (primary N) is 1. The fourth-order valence-electron chi connectivity index (χ4n) is 2.39. The van der Waals surface area contributed by atoms with E-state index in [1.165, 1.54) is 0 Å². The Labute approximate surface area is 114 Å². The number of carbonyl (C=O) groups excluding carboxylic acids is 1. The number of carboxylic acid groups (broad SMARTS) is 1. The minimum Gasteiger partial charge on any atom is -0.480 e. The fraction of sp³-hybridized carbons (Fsp3) is 0.833. The van der Waals surface area contributed by atoms with Crippen LogP contribution < -0.4 is 11.1 Å². The van der Waals surface area contributed by atoms with E-state index in [9.17, 15) is 27.9 Å². The van der Waals surface area contributed by atoms with Gasteiger partial charge in [-0.3, -0.25) is 4.79 Å². The van der Waals surface area contributed by atoms with Crippen LogP contribution in [0.25, 0.3) is 0 Å². The van der Waals surface area contributed by atoms with Crippen LogP contribution in [0.2, 0.25) is 0 Å². The van der Waals surface area contributed by atoms with Gasteiger partial charge in [0, 0.05) is 0 Å². The van der Waals surface area contributed by atoms with Crippen molar-refractivity contribution in [2.24, 2.45) is 11.7 Å². The molecule has 3 atom stereocenters. The van der Waals surface area contributed by atoms with Gasteiger partial charge >= 0.3 is 12.1 Å².